The number of carbonyl (C=O) groups excluding carboxylic acids is 2. The number of hydroxylamine groups is 1. The third kappa shape index (κ3) is 8.43. The number of methoxy groups -OCH3 is 1. The number of carbonyl (C=O) groups is 2. The average Bonchev–Trinajstić information content (AvgIpc) is 2.83. The lowest BCUT2D eigenvalue weighted by Gasteiger charge is -2.26. The van der Waals surface area contributed by atoms with E-state index in [0.717, 1.165) is 18.2 Å². The molecule has 0 saturated carbocycles. The van der Waals surface area contributed by atoms with Crippen LogP contribution in [0.5, 0.6) is 5.75 Å². The number of ether oxygens (including phenoxy) is 3. The number of anilines is 1. The molecule has 2 rings (SSSR count). The Balaban J connectivity index is 2.19. The van der Waals surface area contributed by atoms with Crippen LogP contribution in [-0.4, -0.2) is 48.7 Å². The zero-order valence-corrected chi connectivity index (χ0v) is 18.4. The van der Waals surface area contributed by atoms with Gasteiger partial charge in [-0.3, -0.25) is 15.3 Å². The molecule has 0 radical (unpaired) electrons. The Labute approximate surface area is 194 Å². The first kappa shape index (κ1) is 26.7. The quantitative estimate of drug-likeness (QED) is 0.208. The molecule has 0 aromatic heterocycles. The van der Waals surface area contributed by atoms with E-state index in [1.807, 2.05) is 0 Å². The first-order chi connectivity index (χ1) is 16.4. The van der Waals surface area contributed by atoms with Gasteiger partial charge in [-0.2, -0.15) is 0 Å². The van der Waals surface area contributed by atoms with Crippen molar-refractivity contribution in [2.75, 3.05) is 25.6 Å². The second kappa shape index (κ2) is 13.9. The number of aliphatic hydroxyl groups is 1. The van der Waals surface area contributed by atoms with Gasteiger partial charge in [0.2, 0.25) is 0 Å². The van der Waals surface area contributed by atoms with E-state index in [2.05, 4.69) is 5.32 Å². The second-order valence-electron chi connectivity index (χ2n) is 6.95. The number of allylic oxidation sites excluding steroid dienone is 1. The van der Waals surface area contributed by atoms with Gasteiger partial charge in [0.15, 0.2) is 6.10 Å². The molecule has 9 nitrogen and oxygen atoms in total. The third-order valence-corrected chi connectivity index (χ3v) is 4.61. The summed E-state index contributed by atoms with van der Waals surface area (Å²) >= 11 is 0. The van der Waals surface area contributed by atoms with Gasteiger partial charge in [0, 0.05) is 19.3 Å². The van der Waals surface area contributed by atoms with Gasteiger partial charge in [-0.05, 0) is 42.7 Å². The van der Waals surface area contributed by atoms with Crippen molar-refractivity contribution in [2.24, 2.45) is 0 Å². The van der Waals surface area contributed by atoms with E-state index in [9.17, 15) is 18.4 Å². The molecule has 2 aromatic rings. The Kier molecular flexibility index (Phi) is 10.9. The summed E-state index contributed by atoms with van der Waals surface area (Å²) in [5, 5.41) is 19.7. The first-order valence-electron chi connectivity index (χ1n) is 10.3. The molecule has 0 aliphatic rings. The fraction of sp³-hybridized carbons (Fsp3) is 0.304. The lowest BCUT2D eigenvalue weighted by molar-refractivity contribution is -0.124. The van der Waals surface area contributed by atoms with Gasteiger partial charge in [-0.15, -0.1) is 0 Å². The maximum atomic E-state index is 13.9. The number of rotatable bonds is 12. The molecule has 0 spiro atoms. The van der Waals surface area contributed by atoms with Gasteiger partial charge >= 0.3 is 6.09 Å². The lowest BCUT2D eigenvalue weighted by atomic mass is 10.00. The van der Waals surface area contributed by atoms with Gasteiger partial charge in [0.05, 0.1) is 18.4 Å². The number of nitrogens with one attached hydrogen (secondary N) is 2. The van der Waals surface area contributed by atoms with Crippen LogP contribution in [0, 0.1) is 11.6 Å². The van der Waals surface area contributed by atoms with Crippen LogP contribution in [-0.2, 0) is 14.3 Å². The molecule has 0 aliphatic heterocycles. The maximum absolute atomic E-state index is 13.9. The Morgan fingerprint density at radius 3 is 2.50 bits per heavy atom. The molecule has 0 saturated heterocycles. The van der Waals surface area contributed by atoms with E-state index in [1.54, 1.807) is 24.3 Å². The van der Waals surface area contributed by atoms with Crippen molar-refractivity contribution in [3.05, 3.63) is 71.8 Å². The Morgan fingerprint density at radius 1 is 1.15 bits per heavy atom. The van der Waals surface area contributed by atoms with Gasteiger partial charge in [0.25, 0.3) is 5.91 Å². The minimum Gasteiger partial charge on any atom is -0.491 e. The summed E-state index contributed by atoms with van der Waals surface area (Å²) in [6.07, 6.45) is 0.701. The van der Waals surface area contributed by atoms with Gasteiger partial charge < -0.3 is 19.3 Å². The highest BCUT2D eigenvalue weighted by molar-refractivity contribution is 5.86. The zero-order chi connectivity index (χ0) is 24.9. The summed E-state index contributed by atoms with van der Waals surface area (Å²) in [4.78, 5) is 23.6. The Hall–Kier alpha value is -3.54. The zero-order valence-electron chi connectivity index (χ0n) is 18.4. The summed E-state index contributed by atoms with van der Waals surface area (Å²) in [5.41, 5.74) is 1.75. The minimum atomic E-state index is -0.992. The third-order valence-electron chi connectivity index (χ3n) is 4.61. The highest BCUT2D eigenvalue weighted by Crippen LogP contribution is 2.29. The molecule has 4 N–H and O–H groups in total. The molecule has 2 amide bonds. The molecule has 11 heteroatoms. The summed E-state index contributed by atoms with van der Waals surface area (Å²) in [6, 6.07) is 9.22. The summed E-state index contributed by atoms with van der Waals surface area (Å²) in [6.45, 7) is -0.0411. The van der Waals surface area contributed by atoms with Crippen LogP contribution >= 0.6 is 0 Å². The fourth-order valence-electron chi connectivity index (χ4n) is 3.00. The summed E-state index contributed by atoms with van der Waals surface area (Å²) in [7, 11) is 1.42. The molecular weight excluding hydrogens is 454 g/mol. The van der Waals surface area contributed by atoms with Crippen LogP contribution in [0.1, 0.15) is 24.5 Å². The van der Waals surface area contributed by atoms with Crippen molar-refractivity contribution in [1.82, 2.24) is 5.48 Å². The predicted octanol–water partition coefficient (Wildman–Crippen LogP) is 3.48. The number of amides is 2. The SMILES string of the molecule is CO[C@@H](CC/C=C/C(=O)NO)[C@@H](OC(=O)Nc1ccc(F)cc1F)c1ccc(OCCO)cc1. The molecule has 0 fully saturated rings. The molecule has 184 valence electrons. The van der Waals surface area contributed by atoms with E-state index in [-0.39, 0.29) is 18.9 Å². The lowest BCUT2D eigenvalue weighted by Crippen LogP contribution is -2.28. The second-order valence-corrected chi connectivity index (χ2v) is 6.95. The van der Waals surface area contributed by atoms with Crippen LogP contribution in [0.3, 0.4) is 0 Å². The number of benzene rings is 2. The van der Waals surface area contributed by atoms with Crippen molar-refractivity contribution in [2.45, 2.75) is 25.0 Å². The van der Waals surface area contributed by atoms with Gasteiger partial charge in [-0.1, -0.05) is 18.2 Å². The fourth-order valence-corrected chi connectivity index (χ4v) is 3.00. The van der Waals surface area contributed by atoms with Crippen molar-refractivity contribution in [3.8, 4) is 5.75 Å². The minimum absolute atomic E-state index is 0.110. The molecule has 0 bridgehead atoms. The molecule has 0 heterocycles. The number of halogens is 2. The molecule has 34 heavy (non-hydrogen) atoms. The standard InChI is InChI=1S/C23H26F2N2O7/c1-32-20(4-2-3-5-21(29)27-31)22(15-6-9-17(10-7-15)33-13-12-28)34-23(30)26-19-11-8-16(24)14-18(19)25/h3,5-11,14,20,22,28,31H,2,4,12-13H2,1H3,(H,26,30)(H,27,29)/b5-3+/t20-,22-/m0/s1. The summed E-state index contributed by atoms with van der Waals surface area (Å²) in [5.74, 6) is -1.96. The van der Waals surface area contributed by atoms with Gasteiger partial charge in [0.1, 0.15) is 24.0 Å². The highest BCUT2D eigenvalue weighted by atomic mass is 19.1. The van der Waals surface area contributed by atoms with E-state index in [4.69, 9.17) is 24.5 Å². The van der Waals surface area contributed by atoms with Crippen molar-refractivity contribution in [3.63, 3.8) is 0 Å². The van der Waals surface area contributed by atoms with E-state index >= 15 is 0 Å². The number of hydrogen-bond acceptors (Lipinski definition) is 7. The normalized spacial score (nSPS) is 12.7. The van der Waals surface area contributed by atoms with E-state index in [1.165, 1.54) is 18.7 Å². The Bertz CT molecular complexity index is 970. The van der Waals surface area contributed by atoms with Crippen molar-refractivity contribution >= 4 is 17.7 Å². The van der Waals surface area contributed by atoms with E-state index in [0.29, 0.717) is 30.2 Å². The molecule has 2 aromatic carbocycles. The van der Waals surface area contributed by atoms with Crippen LogP contribution in [0.4, 0.5) is 19.3 Å². The average molecular weight is 480 g/mol. The molecule has 2 atom stereocenters. The molecule has 0 aliphatic carbocycles. The topological polar surface area (TPSA) is 126 Å². The number of hydrogen-bond donors (Lipinski definition) is 4. The largest absolute Gasteiger partial charge is 0.491 e. The number of aliphatic hydroxyl groups excluding tert-OH is 1. The van der Waals surface area contributed by atoms with Crippen LogP contribution in [0.15, 0.2) is 54.6 Å². The molecular formula is C23H26F2N2O7. The molecule has 0 unspecified atom stereocenters. The van der Waals surface area contributed by atoms with Crippen LogP contribution < -0.4 is 15.5 Å². The highest BCUT2D eigenvalue weighted by Gasteiger charge is 2.27. The van der Waals surface area contributed by atoms with Crippen molar-refractivity contribution < 1.29 is 42.9 Å². The first-order valence-corrected chi connectivity index (χ1v) is 10.3. The van der Waals surface area contributed by atoms with Crippen LogP contribution in [0.2, 0.25) is 0 Å². The smallest absolute Gasteiger partial charge is 0.412 e. The monoisotopic (exact) mass is 480 g/mol. The van der Waals surface area contributed by atoms with Gasteiger partial charge in [-0.25, -0.2) is 19.1 Å². The van der Waals surface area contributed by atoms with Crippen molar-refractivity contribution in [1.29, 1.82) is 0 Å². The summed E-state index contributed by atoms with van der Waals surface area (Å²) < 4.78 is 43.4. The van der Waals surface area contributed by atoms with Crippen LogP contribution in [0.25, 0.3) is 0 Å². The predicted molar refractivity (Wildman–Crippen MR) is 117 cm³/mol. The Morgan fingerprint density at radius 2 is 1.88 bits per heavy atom. The maximum Gasteiger partial charge on any atom is 0.412 e. The van der Waals surface area contributed by atoms with E-state index < -0.39 is 35.8 Å².